The first-order chi connectivity index (χ1) is 11.2. The third-order valence-electron chi connectivity index (χ3n) is 3.53. The van der Waals surface area contributed by atoms with E-state index >= 15 is 0 Å². The van der Waals surface area contributed by atoms with Crippen molar-refractivity contribution in [2.45, 2.75) is 25.7 Å². The maximum absolute atomic E-state index is 10.00. The molecule has 0 aliphatic heterocycles. The number of aromatic nitrogens is 1. The van der Waals surface area contributed by atoms with Crippen LogP contribution in [0.3, 0.4) is 0 Å². The van der Waals surface area contributed by atoms with Gasteiger partial charge in [0.1, 0.15) is 5.75 Å². The highest BCUT2D eigenvalue weighted by atomic mass is 16.9. The Hall–Kier alpha value is -2.57. The number of benzene rings is 1. The van der Waals surface area contributed by atoms with Crippen LogP contribution in [0, 0.1) is 10.1 Å². The highest BCUT2D eigenvalue weighted by Gasteiger charge is 2.03. The van der Waals surface area contributed by atoms with Crippen LogP contribution in [0.25, 0.3) is 10.9 Å². The first kappa shape index (κ1) is 16.8. The van der Waals surface area contributed by atoms with E-state index in [1.807, 2.05) is 24.3 Å². The highest BCUT2D eigenvalue weighted by molar-refractivity contribution is 5.91. The fourth-order valence-electron chi connectivity index (χ4n) is 2.35. The van der Waals surface area contributed by atoms with Crippen LogP contribution in [-0.2, 0) is 4.84 Å². The van der Waals surface area contributed by atoms with Crippen molar-refractivity contribution >= 4 is 16.6 Å². The van der Waals surface area contributed by atoms with Crippen LogP contribution in [0.1, 0.15) is 25.7 Å². The second kappa shape index (κ2) is 8.77. The fraction of sp³-hybridized carbons (Fsp3) is 0.438. The van der Waals surface area contributed by atoms with E-state index in [1.54, 1.807) is 13.3 Å². The lowest BCUT2D eigenvalue weighted by Gasteiger charge is -2.10. The Bertz CT molecular complexity index is 648. The van der Waals surface area contributed by atoms with Gasteiger partial charge in [0.25, 0.3) is 5.09 Å². The zero-order chi connectivity index (χ0) is 16.5. The van der Waals surface area contributed by atoms with Crippen molar-refractivity contribution in [2.24, 2.45) is 0 Å². The zero-order valence-electron chi connectivity index (χ0n) is 13.2. The number of pyridine rings is 1. The summed E-state index contributed by atoms with van der Waals surface area (Å²) in [5.74, 6) is 0.791. The Morgan fingerprint density at radius 1 is 1.22 bits per heavy atom. The standard InChI is InChI=1S/C16H21N3O4/c1-22-13-6-7-14-15(8-10-18-16(14)12-13)17-9-4-2-3-5-11-23-19(20)21/h6-8,10,12H,2-5,9,11H2,1H3,(H,17,18). The minimum Gasteiger partial charge on any atom is -0.497 e. The quantitative estimate of drug-likeness (QED) is 0.410. The molecule has 0 aliphatic carbocycles. The molecule has 0 bridgehead atoms. The van der Waals surface area contributed by atoms with Crippen LogP contribution in [0.4, 0.5) is 5.69 Å². The molecule has 0 fully saturated rings. The lowest BCUT2D eigenvalue weighted by molar-refractivity contribution is -0.757. The number of fused-ring (bicyclic) bond motifs is 1. The summed E-state index contributed by atoms with van der Waals surface area (Å²) >= 11 is 0. The van der Waals surface area contributed by atoms with Crippen molar-refractivity contribution in [1.29, 1.82) is 0 Å². The van der Waals surface area contributed by atoms with Crippen molar-refractivity contribution in [3.05, 3.63) is 40.6 Å². The van der Waals surface area contributed by atoms with Gasteiger partial charge in [-0.2, -0.15) is 0 Å². The van der Waals surface area contributed by atoms with Crippen LogP contribution < -0.4 is 10.1 Å². The lowest BCUT2D eigenvalue weighted by Crippen LogP contribution is -2.04. The monoisotopic (exact) mass is 319 g/mol. The van der Waals surface area contributed by atoms with Crippen LogP contribution in [0.2, 0.25) is 0 Å². The number of ether oxygens (including phenoxy) is 1. The SMILES string of the molecule is COc1ccc2c(NCCCCCCO[N+](=O)[O-])ccnc2c1. The summed E-state index contributed by atoms with van der Waals surface area (Å²) in [7, 11) is 1.64. The molecule has 1 heterocycles. The Balaban J connectivity index is 1.76. The average molecular weight is 319 g/mol. The molecule has 0 radical (unpaired) electrons. The minimum absolute atomic E-state index is 0.178. The van der Waals surface area contributed by atoms with E-state index in [4.69, 9.17) is 4.74 Å². The Kier molecular flexibility index (Phi) is 6.40. The predicted molar refractivity (Wildman–Crippen MR) is 88.2 cm³/mol. The molecule has 23 heavy (non-hydrogen) atoms. The van der Waals surface area contributed by atoms with Crippen LogP contribution in [-0.4, -0.2) is 30.3 Å². The summed E-state index contributed by atoms with van der Waals surface area (Å²) in [5.41, 5.74) is 1.95. The van der Waals surface area contributed by atoms with Gasteiger partial charge in [-0.15, -0.1) is 10.1 Å². The van der Waals surface area contributed by atoms with E-state index in [1.165, 1.54) is 0 Å². The van der Waals surface area contributed by atoms with Gasteiger partial charge in [0.2, 0.25) is 0 Å². The van der Waals surface area contributed by atoms with Gasteiger partial charge in [-0.05, 0) is 31.0 Å². The van der Waals surface area contributed by atoms with Gasteiger partial charge in [-0.3, -0.25) is 4.98 Å². The summed E-state index contributed by atoms with van der Waals surface area (Å²) < 4.78 is 5.21. The van der Waals surface area contributed by atoms with Crippen LogP contribution in [0.15, 0.2) is 30.5 Å². The molecular formula is C16H21N3O4. The number of hydrogen-bond acceptors (Lipinski definition) is 6. The number of unbranched alkanes of at least 4 members (excludes halogenated alkanes) is 3. The fourth-order valence-corrected chi connectivity index (χ4v) is 2.35. The summed E-state index contributed by atoms with van der Waals surface area (Å²) in [5, 5.41) is 13.7. The largest absolute Gasteiger partial charge is 0.497 e. The molecule has 0 saturated heterocycles. The number of hydrogen-bond donors (Lipinski definition) is 1. The molecule has 0 unspecified atom stereocenters. The Morgan fingerprint density at radius 2 is 2.04 bits per heavy atom. The summed E-state index contributed by atoms with van der Waals surface area (Å²) in [6.45, 7) is 1.03. The van der Waals surface area contributed by atoms with Crippen molar-refractivity contribution in [2.75, 3.05) is 25.6 Å². The molecule has 2 rings (SSSR count). The van der Waals surface area contributed by atoms with Gasteiger partial charge < -0.3 is 14.9 Å². The van der Waals surface area contributed by atoms with Gasteiger partial charge in [-0.25, -0.2) is 0 Å². The van der Waals surface area contributed by atoms with E-state index in [2.05, 4.69) is 15.1 Å². The van der Waals surface area contributed by atoms with Crippen molar-refractivity contribution < 1.29 is 14.7 Å². The molecule has 1 N–H and O–H groups in total. The number of nitrogens with one attached hydrogen (secondary N) is 1. The van der Waals surface area contributed by atoms with Gasteiger partial charge >= 0.3 is 0 Å². The molecule has 7 nitrogen and oxygen atoms in total. The van der Waals surface area contributed by atoms with Crippen molar-refractivity contribution in [3.63, 3.8) is 0 Å². The molecule has 0 spiro atoms. The molecule has 0 saturated carbocycles. The molecule has 1 aromatic heterocycles. The first-order valence-corrected chi connectivity index (χ1v) is 7.64. The summed E-state index contributed by atoms with van der Waals surface area (Å²) in [4.78, 5) is 18.6. The van der Waals surface area contributed by atoms with E-state index in [0.717, 1.165) is 48.1 Å². The topological polar surface area (TPSA) is 86.5 Å². The van der Waals surface area contributed by atoms with E-state index in [0.29, 0.717) is 6.42 Å². The van der Waals surface area contributed by atoms with Gasteiger partial charge in [0.05, 0.1) is 19.2 Å². The maximum Gasteiger partial charge on any atom is 0.294 e. The average Bonchev–Trinajstić information content (AvgIpc) is 2.56. The molecule has 2 aromatic rings. The maximum atomic E-state index is 10.00. The molecule has 0 atom stereocenters. The van der Waals surface area contributed by atoms with Crippen molar-refractivity contribution in [1.82, 2.24) is 4.98 Å². The van der Waals surface area contributed by atoms with Gasteiger partial charge in [0, 0.05) is 29.9 Å². The molecule has 0 amide bonds. The zero-order valence-corrected chi connectivity index (χ0v) is 13.2. The Labute approximate surface area is 134 Å². The second-order valence-electron chi connectivity index (χ2n) is 5.14. The molecule has 7 heteroatoms. The van der Waals surface area contributed by atoms with Crippen LogP contribution in [0.5, 0.6) is 5.75 Å². The summed E-state index contributed by atoms with van der Waals surface area (Å²) in [6.07, 6.45) is 5.41. The third-order valence-corrected chi connectivity index (χ3v) is 3.53. The third kappa shape index (κ3) is 5.28. The second-order valence-corrected chi connectivity index (χ2v) is 5.14. The molecule has 124 valence electrons. The van der Waals surface area contributed by atoms with Crippen LogP contribution >= 0.6 is 0 Å². The minimum atomic E-state index is -0.745. The number of anilines is 1. The van der Waals surface area contributed by atoms with Crippen molar-refractivity contribution in [3.8, 4) is 5.75 Å². The van der Waals surface area contributed by atoms with E-state index in [-0.39, 0.29) is 6.61 Å². The highest BCUT2D eigenvalue weighted by Crippen LogP contribution is 2.25. The van der Waals surface area contributed by atoms with Gasteiger partial charge in [0.15, 0.2) is 0 Å². The number of nitrogens with zero attached hydrogens (tertiary/aromatic N) is 2. The molecule has 1 aromatic carbocycles. The van der Waals surface area contributed by atoms with E-state index < -0.39 is 5.09 Å². The first-order valence-electron chi connectivity index (χ1n) is 7.64. The molecular weight excluding hydrogens is 298 g/mol. The predicted octanol–water partition coefficient (Wildman–Crippen LogP) is 3.42. The number of rotatable bonds is 10. The normalized spacial score (nSPS) is 10.5. The Morgan fingerprint density at radius 3 is 2.83 bits per heavy atom. The van der Waals surface area contributed by atoms with Gasteiger partial charge in [-0.1, -0.05) is 12.8 Å². The lowest BCUT2D eigenvalue weighted by atomic mass is 10.1. The van der Waals surface area contributed by atoms with E-state index in [9.17, 15) is 10.1 Å². The molecule has 0 aliphatic rings. The number of methoxy groups -OCH3 is 1. The smallest absolute Gasteiger partial charge is 0.294 e. The summed E-state index contributed by atoms with van der Waals surface area (Å²) in [6, 6.07) is 7.79.